The van der Waals surface area contributed by atoms with Crippen LogP contribution in [0.4, 0.5) is 11.4 Å². The highest BCUT2D eigenvalue weighted by Crippen LogP contribution is 2.41. The predicted octanol–water partition coefficient (Wildman–Crippen LogP) is 5.54. The number of anilines is 2. The third-order valence-corrected chi connectivity index (χ3v) is 7.60. The largest absolute Gasteiger partial charge is 0.379 e. The van der Waals surface area contributed by atoms with Gasteiger partial charge in [0.1, 0.15) is 0 Å². The molecule has 38 heavy (non-hydrogen) atoms. The number of fused-ring (bicyclic) bond motifs is 1. The van der Waals surface area contributed by atoms with Gasteiger partial charge in [0, 0.05) is 54.9 Å². The lowest BCUT2D eigenvalue weighted by Crippen LogP contribution is -2.38. The first kappa shape index (κ1) is 24.4. The molecule has 3 aromatic carbocycles. The van der Waals surface area contributed by atoms with Crippen LogP contribution in [-0.2, 0) is 16.1 Å². The van der Waals surface area contributed by atoms with Crippen LogP contribution in [0, 0.1) is 13.8 Å². The monoisotopic (exact) mass is 507 g/mol. The highest BCUT2D eigenvalue weighted by atomic mass is 16.5. The number of rotatable bonds is 6. The Balaban J connectivity index is 1.44. The second kappa shape index (κ2) is 10.1. The number of para-hydroxylation sites is 1. The average Bonchev–Trinajstić information content (AvgIpc) is 3.53. The molecule has 0 saturated carbocycles. The molecule has 6 rings (SSSR count). The first-order chi connectivity index (χ1) is 18.5. The zero-order chi connectivity index (χ0) is 26.2. The lowest BCUT2D eigenvalue weighted by atomic mass is 10.1. The van der Waals surface area contributed by atoms with Gasteiger partial charge in [-0.25, -0.2) is 5.01 Å². The number of Topliss-reactive ketones (excluding diaryl/α,β-unsaturated/α-hetero) is 1. The van der Waals surface area contributed by atoms with Crippen molar-refractivity contribution in [2.24, 2.45) is 5.10 Å². The number of aromatic nitrogens is 1. The number of aryl methyl sites for hydroxylation is 2. The van der Waals surface area contributed by atoms with E-state index in [4.69, 9.17) is 9.84 Å². The van der Waals surface area contributed by atoms with Crippen molar-refractivity contribution in [3.8, 4) is 0 Å². The van der Waals surface area contributed by atoms with E-state index in [1.165, 1.54) is 16.7 Å². The Morgan fingerprint density at radius 2 is 1.71 bits per heavy atom. The smallest absolute Gasteiger partial charge is 0.198 e. The van der Waals surface area contributed by atoms with Gasteiger partial charge in [-0.1, -0.05) is 36.4 Å². The van der Waals surface area contributed by atoms with Crippen LogP contribution in [0.3, 0.4) is 0 Å². The van der Waals surface area contributed by atoms with Crippen molar-refractivity contribution in [1.82, 2.24) is 9.88 Å². The normalized spacial score (nSPS) is 18.3. The summed E-state index contributed by atoms with van der Waals surface area (Å²) >= 11 is 0. The van der Waals surface area contributed by atoms with Gasteiger partial charge in [0.05, 0.1) is 18.9 Å². The van der Waals surface area contributed by atoms with Crippen LogP contribution in [-0.4, -0.2) is 47.8 Å². The van der Waals surface area contributed by atoms with Crippen molar-refractivity contribution in [3.63, 3.8) is 0 Å². The minimum Gasteiger partial charge on any atom is -0.379 e. The Hall–Kier alpha value is -3.94. The quantitative estimate of drug-likeness (QED) is 0.371. The number of H-pyrrole nitrogens is 1. The lowest BCUT2D eigenvalue weighted by molar-refractivity contribution is -0.111. The molecule has 0 radical (unpaired) electrons. The van der Waals surface area contributed by atoms with Gasteiger partial charge >= 0.3 is 0 Å². The van der Waals surface area contributed by atoms with E-state index in [1.807, 2.05) is 23.3 Å². The Kier molecular flexibility index (Phi) is 6.47. The van der Waals surface area contributed by atoms with E-state index in [1.54, 1.807) is 6.92 Å². The molecule has 1 aromatic heterocycles. The summed E-state index contributed by atoms with van der Waals surface area (Å²) in [7, 11) is 0. The van der Waals surface area contributed by atoms with Crippen LogP contribution < -0.4 is 9.91 Å². The average molecular weight is 508 g/mol. The molecule has 2 aliphatic heterocycles. The number of aromatic amines is 1. The Morgan fingerprint density at radius 1 is 0.974 bits per heavy atom. The third-order valence-electron chi connectivity index (χ3n) is 7.60. The molecule has 7 nitrogen and oxygen atoms in total. The highest BCUT2D eigenvalue weighted by molar-refractivity contribution is 6.44. The number of carbonyl (C=O) groups excluding carboxylic acids is 1. The van der Waals surface area contributed by atoms with Gasteiger partial charge in [0.15, 0.2) is 17.8 Å². The second-order valence-electron chi connectivity index (χ2n) is 10.2. The summed E-state index contributed by atoms with van der Waals surface area (Å²) in [6, 6.07) is 23.2. The number of nitrogens with one attached hydrogen (secondary N) is 1. The summed E-state index contributed by atoms with van der Waals surface area (Å²) in [5.74, 6) is 0.359. The van der Waals surface area contributed by atoms with Crippen LogP contribution in [0.15, 0.2) is 78.0 Å². The summed E-state index contributed by atoms with van der Waals surface area (Å²) < 4.78 is 5.50. The number of ketones is 1. The van der Waals surface area contributed by atoms with Gasteiger partial charge in [-0.2, -0.15) is 0 Å². The van der Waals surface area contributed by atoms with Crippen molar-refractivity contribution in [2.75, 3.05) is 36.2 Å². The number of ether oxygens (including phenoxy) is 1. The molecule has 0 spiro atoms. The number of amidine groups is 1. The number of hydrazone groups is 1. The van der Waals surface area contributed by atoms with Gasteiger partial charge in [-0.05, 0) is 60.9 Å². The molecule has 1 atom stereocenters. The number of benzene rings is 3. The van der Waals surface area contributed by atoms with E-state index in [0.29, 0.717) is 5.84 Å². The van der Waals surface area contributed by atoms with Gasteiger partial charge in [0.25, 0.3) is 0 Å². The van der Waals surface area contributed by atoms with E-state index in [9.17, 15) is 4.79 Å². The number of hydrogen-bond donors (Lipinski definition) is 1. The van der Waals surface area contributed by atoms with Crippen LogP contribution >= 0.6 is 0 Å². The maximum atomic E-state index is 13.0. The van der Waals surface area contributed by atoms with Crippen LogP contribution in [0.25, 0.3) is 10.9 Å². The molecule has 0 bridgehead atoms. The van der Waals surface area contributed by atoms with Crippen LogP contribution in [0.5, 0.6) is 0 Å². The molecule has 4 aromatic rings. The van der Waals surface area contributed by atoms with Crippen molar-refractivity contribution in [1.29, 1.82) is 0 Å². The summed E-state index contributed by atoms with van der Waals surface area (Å²) in [4.78, 5) is 20.9. The molecule has 3 heterocycles. The molecule has 0 unspecified atom stereocenters. The molecule has 2 aliphatic rings. The highest BCUT2D eigenvalue weighted by Gasteiger charge is 2.40. The Bertz CT molecular complexity index is 1500. The van der Waals surface area contributed by atoms with Crippen LogP contribution in [0.1, 0.15) is 35.3 Å². The fraction of sp³-hybridized carbons (Fsp3) is 0.290. The summed E-state index contributed by atoms with van der Waals surface area (Å²) in [6.45, 7) is 10.2. The number of nitrogens with zero attached hydrogens (tertiary/aromatic N) is 4. The van der Waals surface area contributed by atoms with E-state index >= 15 is 0 Å². The van der Waals surface area contributed by atoms with Crippen molar-refractivity contribution in [2.45, 2.75) is 33.5 Å². The third kappa shape index (κ3) is 4.48. The maximum Gasteiger partial charge on any atom is 0.198 e. The Morgan fingerprint density at radius 3 is 2.45 bits per heavy atom. The zero-order valence-electron chi connectivity index (χ0n) is 22.1. The summed E-state index contributed by atoms with van der Waals surface area (Å²) in [5.41, 5.74) is 7.66. The zero-order valence-corrected chi connectivity index (χ0v) is 22.1. The SMILES string of the molecule is CC(=O)C1=NN(c2ccc(C)c(C)c2)[C@H](c2c[nH]c3ccccc23)N1c1ccc(CN2CCOCC2)cc1. The molecule has 0 aliphatic carbocycles. The lowest BCUT2D eigenvalue weighted by Gasteiger charge is -2.32. The van der Waals surface area contributed by atoms with Gasteiger partial charge < -0.3 is 9.72 Å². The number of carbonyl (C=O) groups is 1. The fourth-order valence-corrected chi connectivity index (χ4v) is 5.36. The van der Waals surface area contributed by atoms with E-state index in [-0.39, 0.29) is 11.9 Å². The molecule has 7 heteroatoms. The first-order valence-electron chi connectivity index (χ1n) is 13.2. The standard InChI is InChI=1S/C31H33N5O2/c1-21-8-11-26(18-22(21)2)36-31(28-19-32-29-7-5-4-6-27(28)29)35(30(33-36)23(3)37)25-12-9-24(10-13-25)20-34-14-16-38-17-15-34/h4-13,18-19,31-32H,14-17,20H2,1-3H3/t31-/m1/s1. The molecule has 1 saturated heterocycles. The fourth-order valence-electron chi connectivity index (χ4n) is 5.36. The maximum absolute atomic E-state index is 13.0. The van der Waals surface area contributed by atoms with E-state index in [2.05, 4.69) is 83.2 Å². The minimum absolute atomic E-state index is 0.0708. The molecule has 0 amide bonds. The van der Waals surface area contributed by atoms with Gasteiger partial charge in [-0.3, -0.25) is 14.6 Å². The Labute approximate surface area is 223 Å². The number of morpholine rings is 1. The van der Waals surface area contributed by atoms with Crippen molar-refractivity contribution < 1.29 is 9.53 Å². The van der Waals surface area contributed by atoms with Gasteiger partial charge in [-0.15, -0.1) is 5.10 Å². The van der Waals surface area contributed by atoms with E-state index < -0.39 is 0 Å². The second-order valence-corrected chi connectivity index (χ2v) is 10.2. The van der Waals surface area contributed by atoms with E-state index in [0.717, 1.165) is 60.7 Å². The predicted molar refractivity (Wildman–Crippen MR) is 153 cm³/mol. The summed E-state index contributed by atoms with van der Waals surface area (Å²) in [5, 5.41) is 8.03. The summed E-state index contributed by atoms with van der Waals surface area (Å²) in [6.07, 6.45) is 1.72. The molecule has 1 N–H and O–H groups in total. The van der Waals surface area contributed by atoms with Crippen LogP contribution in [0.2, 0.25) is 0 Å². The first-order valence-corrected chi connectivity index (χ1v) is 13.2. The topological polar surface area (TPSA) is 64.2 Å². The van der Waals surface area contributed by atoms with Gasteiger partial charge in [0.2, 0.25) is 0 Å². The molecular weight excluding hydrogens is 474 g/mol. The van der Waals surface area contributed by atoms with Crippen molar-refractivity contribution >= 4 is 33.9 Å². The minimum atomic E-state index is -0.322. The van der Waals surface area contributed by atoms with Crippen molar-refractivity contribution in [3.05, 3.63) is 95.2 Å². The number of hydrogen-bond acceptors (Lipinski definition) is 6. The molecule has 194 valence electrons. The molecule has 1 fully saturated rings. The molecular formula is C31H33N5O2.